The molecule has 1 amide bonds. The molecular formula is C30H40N4O2S. The van der Waals surface area contributed by atoms with E-state index in [9.17, 15) is 4.79 Å². The van der Waals surface area contributed by atoms with E-state index in [0.717, 1.165) is 58.8 Å². The van der Waals surface area contributed by atoms with Gasteiger partial charge in [0.15, 0.2) is 0 Å². The maximum absolute atomic E-state index is 12.8. The molecule has 3 heterocycles. The van der Waals surface area contributed by atoms with Gasteiger partial charge < -0.3 is 24.3 Å². The second kappa shape index (κ2) is 11.8. The first-order valence-electron chi connectivity index (χ1n) is 13.6. The van der Waals surface area contributed by atoms with E-state index in [2.05, 4.69) is 78.1 Å². The highest BCUT2D eigenvalue weighted by Gasteiger charge is 2.22. The lowest BCUT2D eigenvalue weighted by Gasteiger charge is -2.37. The smallest absolute Gasteiger partial charge is 0.222 e. The van der Waals surface area contributed by atoms with Crippen LogP contribution in [0.2, 0.25) is 0 Å². The Hall–Kier alpha value is -2.61. The second-order valence-corrected chi connectivity index (χ2v) is 11.6. The summed E-state index contributed by atoms with van der Waals surface area (Å²) in [7, 11) is 2.19. The maximum atomic E-state index is 12.8. The van der Waals surface area contributed by atoms with Gasteiger partial charge in [0.05, 0.1) is 6.61 Å². The van der Waals surface area contributed by atoms with Crippen LogP contribution in [0.25, 0.3) is 10.1 Å². The molecule has 3 aromatic rings. The number of piperazine rings is 2. The lowest BCUT2D eigenvalue weighted by Crippen LogP contribution is -2.49. The Kier molecular flexibility index (Phi) is 8.33. The van der Waals surface area contributed by atoms with Gasteiger partial charge in [-0.1, -0.05) is 18.2 Å². The number of hydrogen-bond acceptors (Lipinski definition) is 6. The van der Waals surface area contributed by atoms with Gasteiger partial charge in [-0.15, -0.1) is 11.3 Å². The molecule has 0 radical (unpaired) electrons. The first-order valence-corrected chi connectivity index (χ1v) is 14.4. The molecule has 0 atom stereocenters. The third-order valence-electron chi connectivity index (χ3n) is 7.91. The summed E-state index contributed by atoms with van der Waals surface area (Å²) in [5.74, 6) is 0.253. The molecule has 198 valence electrons. The van der Waals surface area contributed by atoms with Gasteiger partial charge in [0, 0.05) is 91.7 Å². The third kappa shape index (κ3) is 6.11. The summed E-state index contributed by atoms with van der Waals surface area (Å²) in [6, 6.07) is 15.4. The van der Waals surface area contributed by atoms with E-state index in [4.69, 9.17) is 4.74 Å². The molecule has 0 saturated carbocycles. The minimum Gasteiger partial charge on any atom is -0.376 e. The molecule has 0 N–H and O–H groups in total. The average molecular weight is 521 g/mol. The van der Waals surface area contributed by atoms with Crippen LogP contribution in [0.4, 0.5) is 11.4 Å². The molecular weight excluding hydrogens is 480 g/mol. The molecule has 0 bridgehead atoms. The fourth-order valence-electron chi connectivity index (χ4n) is 5.42. The van der Waals surface area contributed by atoms with Crippen LogP contribution in [0.3, 0.4) is 0 Å². The molecule has 37 heavy (non-hydrogen) atoms. The molecule has 2 aliphatic rings. The Morgan fingerprint density at radius 1 is 0.892 bits per heavy atom. The SMILES string of the molecule is Cc1cccc(N2CCN(C(=O)CCCOCc3cc4c(N5CCN(C)CC5)cccc4s3)CC2)c1C. The molecule has 1 aromatic heterocycles. The van der Waals surface area contributed by atoms with Gasteiger partial charge in [-0.25, -0.2) is 0 Å². The molecule has 2 aliphatic heterocycles. The summed E-state index contributed by atoms with van der Waals surface area (Å²) in [5.41, 5.74) is 5.31. The van der Waals surface area contributed by atoms with Gasteiger partial charge in [0.2, 0.25) is 5.91 Å². The van der Waals surface area contributed by atoms with Crippen molar-refractivity contribution < 1.29 is 9.53 Å². The Morgan fingerprint density at radius 3 is 2.35 bits per heavy atom. The summed E-state index contributed by atoms with van der Waals surface area (Å²) in [5, 5.41) is 1.34. The standard InChI is InChI=1S/C30H40N4O2S/c1-23-7-4-8-27(24(23)2)32-16-18-34(19-17-32)30(35)11-6-20-36-22-25-21-26-28(9-5-10-29(26)37-25)33-14-12-31(3)13-15-33/h4-5,7-10,21H,6,11-20,22H2,1-3H3. The van der Waals surface area contributed by atoms with Crippen LogP contribution in [0.15, 0.2) is 42.5 Å². The molecule has 5 rings (SSSR count). The van der Waals surface area contributed by atoms with Crippen molar-refractivity contribution in [1.29, 1.82) is 0 Å². The van der Waals surface area contributed by atoms with Crippen LogP contribution in [-0.4, -0.2) is 81.7 Å². The first-order chi connectivity index (χ1) is 18.0. The van der Waals surface area contributed by atoms with E-state index in [1.807, 2.05) is 16.2 Å². The number of hydrogen-bond donors (Lipinski definition) is 0. The minimum absolute atomic E-state index is 0.253. The van der Waals surface area contributed by atoms with Crippen molar-refractivity contribution in [1.82, 2.24) is 9.80 Å². The van der Waals surface area contributed by atoms with Crippen molar-refractivity contribution >= 4 is 38.7 Å². The lowest BCUT2D eigenvalue weighted by molar-refractivity contribution is -0.131. The van der Waals surface area contributed by atoms with Crippen LogP contribution >= 0.6 is 11.3 Å². The number of anilines is 2. The summed E-state index contributed by atoms with van der Waals surface area (Å²) >= 11 is 1.82. The minimum atomic E-state index is 0.253. The number of thiophene rings is 1. The summed E-state index contributed by atoms with van der Waals surface area (Å²) in [4.78, 5) is 23.4. The highest BCUT2D eigenvalue weighted by atomic mass is 32.1. The summed E-state index contributed by atoms with van der Waals surface area (Å²) in [6.07, 6.45) is 1.33. The van der Waals surface area contributed by atoms with Gasteiger partial charge in [0.1, 0.15) is 0 Å². The number of amides is 1. The largest absolute Gasteiger partial charge is 0.376 e. The van der Waals surface area contributed by atoms with Gasteiger partial charge >= 0.3 is 0 Å². The van der Waals surface area contributed by atoms with Crippen LogP contribution in [0.5, 0.6) is 0 Å². The second-order valence-electron chi connectivity index (χ2n) is 10.4. The van der Waals surface area contributed by atoms with Crippen LogP contribution in [0.1, 0.15) is 28.8 Å². The highest BCUT2D eigenvalue weighted by molar-refractivity contribution is 7.19. The molecule has 2 saturated heterocycles. The molecule has 0 spiro atoms. The Balaban J connectivity index is 1.05. The molecule has 6 nitrogen and oxygen atoms in total. The Morgan fingerprint density at radius 2 is 1.57 bits per heavy atom. The summed E-state index contributed by atoms with van der Waals surface area (Å²) in [6.45, 7) is 13.3. The number of benzene rings is 2. The van der Waals surface area contributed by atoms with Crippen molar-refractivity contribution in [3.05, 3.63) is 58.5 Å². The van der Waals surface area contributed by atoms with Crippen molar-refractivity contribution in [3.8, 4) is 0 Å². The number of ether oxygens (including phenoxy) is 1. The van der Waals surface area contributed by atoms with E-state index >= 15 is 0 Å². The third-order valence-corrected chi connectivity index (χ3v) is 8.98. The highest BCUT2D eigenvalue weighted by Crippen LogP contribution is 2.34. The summed E-state index contributed by atoms with van der Waals surface area (Å²) < 4.78 is 7.32. The topological polar surface area (TPSA) is 39.3 Å². The quantitative estimate of drug-likeness (QED) is 0.395. The predicted octanol–water partition coefficient (Wildman–Crippen LogP) is 4.92. The van der Waals surface area contributed by atoms with E-state index in [1.54, 1.807) is 0 Å². The number of carbonyl (C=O) groups excluding carboxylic acids is 1. The predicted molar refractivity (Wildman–Crippen MR) is 155 cm³/mol. The fraction of sp³-hybridized carbons (Fsp3) is 0.500. The number of carbonyl (C=O) groups is 1. The molecule has 2 aromatic carbocycles. The van der Waals surface area contributed by atoms with Crippen molar-refractivity contribution in [2.24, 2.45) is 0 Å². The number of fused-ring (bicyclic) bond motifs is 1. The number of aryl methyl sites for hydroxylation is 1. The van der Waals surface area contributed by atoms with E-state index in [1.165, 1.54) is 37.5 Å². The van der Waals surface area contributed by atoms with Crippen molar-refractivity contribution in [2.75, 3.05) is 75.8 Å². The first kappa shape index (κ1) is 26.0. The van der Waals surface area contributed by atoms with Crippen molar-refractivity contribution in [3.63, 3.8) is 0 Å². The zero-order valence-corrected chi connectivity index (χ0v) is 23.4. The van der Waals surface area contributed by atoms with Gasteiger partial charge in [0.25, 0.3) is 0 Å². The van der Waals surface area contributed by atoms with Crippen LogP contribution in [-0.2, 0) is 16.1 Å². The van der Waals surface area contributed by atoms with Crippen molar-refractivity contribution in [2.45, 2.75) is 33.3 Å². The number of likely N-dealkylation sites (N-methyl/N-ethyl adjacent to an activating group) is 1. The zero-order valence-electron chi connectivity index (χ0n) is 22.5. The maximum Gasteiger partial charge on any atom is 0.222 e. The Labute approximate surface area is 225 Å². The molecule has 0 unspecified atom stereocenters. The number of nitrogens with zero attached hydrogens (tertiary/aromatic N) is 4. The van der Waals surface area contributed by atoms with E-state index in [0.29, 0.717) is 19.6 Å². The Bertz CT molecular complexity index is 1210. The lowest BCUT2D eigenvalue weighted by atomic mass is 10.1. The fourth-order valence-corrected chi connectivity index (χ4v) is 6.45. The van der Waals surface area contributed by atoms with E-state index in [-0.39, 0.29) is 5.91 Å². The van der Waals surface area contributed by atoms with Gasteiger partial charge in [-0.3, -0.25) is 4.79 Å². The molecule has 7 heteroatoms. The number of rotatable bonds is 8. The van der Waals surface area contributed by atoms with E-state index < -0.39 is 0 Å². The molecule has 2 fully saturated rings. The van der Waals surface area contributed by atoms with Crippen LogP contribution < -0.4 is 9.80 Å². The molecule has 0 aliphatic carbocycles. The normalized spacial score (nSPS) is 17.1. The van der Waals surface area contributed by atoms with Gasteiger partial charge in [-0.2, -0.15) is 0 Å². The van der Waals surface area contributed by atoms with Crippen LogP contribution in [0, 0.1) is 13.8 Å². The van der Waals surface area contributed by atoms with Gasteiger partial charge in [-0.05, 0) is 62.7 Å². The monoisotopic (exact) mass is 520 g/mol. The zero-order chi connectivity index (χ0) is 25.8. The average Bonchev–Trinajstić information content (AvgIpc) is 3.34.